The van der Waals surface area contributed by atoms with Crippen LogP contribution >= 0.6 is 0 Å². The summed E-state index contributed by atoms with van der Waals surface area (Å²) in [6.07, 6.45) is -4.33. The molecule has 0 fully saturated rings. The molecule has 2 aromatic heterocycles. The minimum atomic E-state index is -4.45. The van der Waals surface area contributed by atoms with Gasteiger partial charge in [0.25, 0.3) is 5.56 Å². The highest BCUT2D eigenvalue weighted by Gasteiger charge is 2.30. The van der Waals surface area contributed by atoms with Crippen molar-refractivity contribution < 1.29 is 22.7 Å². The number of nitrogens with zero attached hydrogens (tertiary/aromatic N) is 2. The Hall–Kier alpha value is -3.13. The van der Waals surface area contributed by atoms with Gasteiger partial charge in [-0.25, -0.2) is 4.98 Å². The van der Waals surface area contributed by atoms with Crippen LogP contribution in [0.1, 0.15) is 17.2 Å². The number of hydrogen-bond acceptors (Lipinski definition) is 4. The zero-order valence-electron chi connectivity index (χ0n) is 13.8. The number of aromatic nitrogens is 2. The summed E-state index contributed by atoms with van der Waals surface area (Å²) in [5.41, 5.74) is 0.00932. The lowest BCUT2D eigenvalue weighted by molar-refractivity contribution is -0.137. The molecule has 4 aromatic rings. The average molecular weight is 374 g/mol. The molecule has 1 N–H and O–H groups in total. The van der Waals surface area contributed by atoms with Crippen LogP contribution in [0.25, 0.3) is 22.1 Å². The second-order valence-electron chi connectivity index (χ2n) is 6.11. The Bertz CT molecular complexity index is 1180. The van der Waals surface area contributed by atoms with Gasteiger partial charge in [0.2, 0.25) is 5.58 Å². The molecule has 0 aliphatic heterocycles. The van der Waals surface area contributed by atoms with E-state index in [1.165, 1.54) is 23.0 Å². The van der Waals surface area contributed by atoms with Crippen molar-refractivity contribution >= 4 is 22.1 Å². The molecule has 0 amide bonds. The third-order valence-electron chi connectivity index (χ3n) is 4.34. The highest BCUT2D eigenvalue weighted by molar-refractivity contribution is 6.01. The minimum Gasteiger partial charge on any atom is -0.448 e. The molecule has 8 heteroatoms. The number of aliphatic hydroxyl groups is 1. The monoisotopic (exact) mass is 374 g/mol. The normalized spacial score (nSPS) is 13.3. The van der Waals surface area contributed by atoms with E-state index in [0.717, 1.165) is 12.1 Å². The molecule has 2 aromatic carbocycles. The quantitative estimate of drug-likeness (QED) is 0.591. The molecule has 1 atom stereocenters. The van der Waals surface area contributed by atoms with Crippen molar-refractivity contribution in [2.45, 2.75) is 18.8 Å². The molecule has 138 valence electrons. The Morgan fingerprint density at radius 1 is 1.11 bits per heavy atom. The van der Waals surface area contributed by atoms with Gasteiger partial charge in [-0.15, -0.1) is 0 Å². The van der Waals surface area contributed by atoms with Crippen LogP contribution in [0.5, 0.6) is 0 Å². The SMILES string of the molecule is O=c1c2oc3ccccc3c2ncn1C[C@H](O)c1ccc(C(F)(F)F)cc1. The first-order valence-electron chi connectivity index (χ1n) is 8.06. The fourth-order valence-electron chi connectivity index (χ4n) is 2.93. The van der Waals surface area contributed by atoms with Gasteiger partial charge >= 0.3 is 6.18 Å². The number of furan rings is 1. The van der Waals surface area contributed by atoms with Crippen molar-refractivity contribution in [3.8, 4) is 0 Å². The number of fused-ring (bicyclic) bond motifs is 3. The Balaban J connectivity index is 1.66. The Kier molecular flexibility index (Phi) is 4.00. The molecular weight excluding hydrogens is 361 g/mol. The second kappa shape index (κ2) is 6.24. The number of aliphatic hydroxyl groups excluding tert-OH is 1. The van der Waals surface area contributed by atoms with Crippen molar-refractivity contribution in [2.75, 3.05) is 0 Å². The maximum atomic E-state index is 12.6. The first kappa shape index (κ1) is 17.3. The maximum absolute atomic E-state index is 12.6. The van der Waals surface area contributed by atoms with E-state index in [1.54, 1.807) is 24.3 Å². The molecule has 27 heavy (non-hydrogen) atoms. The number of para-hydroxylation sites is 1. The summed E-state index contributed by atoms with van der Waals surface area (Å²) >= 11 is 0. The molecule has 4 rings (SSSR count). The minimum absolute atomic E-state index is 0.0679. The molecule has 0 aliphatic carbocycles. The largest absolute Gasteiger partial charge is 0.448 e. The van der Waals surface area contributed by atoms with E-state index < -0.39 is 23.4 Å². The average Bonchev–Trinajstić information content (AvgIpc) is 3.03. The number of alkyl halides is 3. The second-order valence-corrected chi connectivity index (χ2v) is 6.11. The summed E-state index contributed by atoms with van der Waals surface area (Å²) < 4.78 is 44.6. The molecule has 2 heterocycles. The van der Waals surface area contributed by atoms with Gasteiger partial charge < -0.3 is 9.52 Å². The highest BCUT2D eigenvalue weighted by atomic mass is 19.4. The van der Waals surface area contributed by atoms with Crippen molar-refractivity contribution in [1.82, 2.24) is 9.55 Å². The lowest BCUT2D eigenvalue weighted by atomic mass is 10.1. The summed E-state index contributed by atoms with van der Waals surface area (Å²) in [6, 6.07) is 11.2. The third-order valence-corrected chi connectivity index (χ3v) is 4.34. The summed E-state index contributed by atoms with van der Waals surface area (Å²) in [5.74, 6) is 0. The zero-order chi connectivity index (χ0) is 19.2. The summed E-state index contributed by atoms with van der Waals surface area (Å²) in [7, 11) is 0. The van der Waals surface area contributed by atoms with Gasteiger partial charge in [-0.3, -0.25) is 9.36 Å². The summed E-state index contributed by atoms with van der Waals surface area (Å²) in [4.78, 5) is 16.9. The van der Waals surface area contributed by atoms with Crippen LogP contribution in [0, 0.1) is 0 Å². The standard InChI is InChI=1S/C19H13F3N2O3/c20-19(21,22)12-7-5-11(6-8-12)14(25)9-24-10-23-16-13-3-1-2-4-15(13)27-17(16)18(24)26/h1-8,10,14,25H,9H2/t14-/m0/s1. The van der Waals surface area contributed by atoms with Crippen molar-refractivity contribution in [3.05, 3.63) is 76.3 Å². The van der Waals surface area contributed by atoms with Gasteiger partial charge in [-0.1, -0.05) is 24.3 Å². The smallest absolute Gasteiger partial charge is 0.416 e. The van der Waals surface area contributed by atoms with Gasteiger partial charge in [0.1, 0.15) is 11.1 Å². The van der Waals surface area contributed by atoms with E-state index in [0.29, 0.717) is 16.5 Å². The molecule has 0 bridgehead atoms. The van der Waals surface area contributed by atoms with Crippen LogP contribution in [0.2, 0.25) is 0 Å². The van der Waals surface area contributed by atoms with Gasteiger partial charge in [-0.2, -0.15) is 13.2 Å². The summed E-state index contributed by atoms with van der Waals surface area (Å²) in [5, 5.41) is 11.0. The molecule has 0 saturated carbocycles. The topological polar surface area (TPSA) is 68.3 Å². The van der Waals surface area contributed by atoms with E-state index >= 15 is 0 Å². The van der Waals surface area contributed by atoms with Gasteiger partial charge in [0, 0.05) is 5.39 Å². The Morgan fingerprint density at radius 2 is 1.81 bits per heavy atom. The third kappa shape index (κ3) is 3.08. The molecule has 5 nitrogen and oxygen atoms in total. The van der Waals surface area contributed by atoms with E-state index in [4.69, 9.17) is 4.42 Å². The van der Waals surface area contributed by atoms with E-state index in [1.807, 2.05) is 0 Å². The van der Waals surface area contributed by atoms with E-state index in [9.17, 15) is 23.1 Å². The Morgan fingerprint density at radius 3 is 2.52 bits per heavy atom. The van der Waals surface area contributed by atoms with Crippen molar-refractivity contribution in [2.24, 2.45) is 0 Å². The fourth-order valence-corrected chi connectivity index (χ4v) is 2.93. The molecule has 0 saturated heterocycles. The number of hydrogen-bond donors (Lipinski definition) is 1. The van der Waals surface area contributed by atoms with Crippen LogP contribution in [0.4, 0.5) is 13.2 Å². The molecule has 0 aliphatic rings. The molecule has 0 unspecified atom stereocenters. The van der Waals surface area contributed by atoms with Crippen LogP contribution in [0.15, 0.2) is 64.1 Å². The molecular formula is C19H13F3N2O3. The van der Waals surface area contributed by atoms with Crippen LogP contribution in [-0.4, -0.2) is 14.7 Å². The molecule has 0 radical (unpaired) electrons. The zero-order valence-corrected chi connectivity index (χ0v) is 13.8. The van der Waals surface area contributed by atoms with E-state index in [-0.39, 0.29) is 17.7 Å². The number of halogens is 3. The predicted octanol–water partition coefficient (Wildman–Crippen LogP) is 3.90. The first-order chi connectivity index (χ1) is 12.8. The van der Waals surface area contributed by atoms with Crippen molar-refractivity contribution in [1.29, 1.82) is 0 Å². The molecule has 0 spiro atoms. The van der Waals surface area contributed by atoms with E-state index in [2.05, 4.69) is 4.98 Å². The first-order valence-corrected chi connectivity index (χ1v) is 8.06. The van der Waals surface area contributed by atoms with Gasteiger partial charge in [-0.05, 0) is 29.8 Å². The number of rotatable bonds is 3. The van der Waals surface area contributed by atoms with Gasteiger partial charge in [0.15, 0.2) is 0 Å². The summed E-state index contributed by atoms with van der Waals surface area (Å²) in [6.45, 7) is -0.163. The van der Waals surface area contributed by atoms with Crippen LogP contribution < -0.4 is 5.56 Å². The van der Waals surface area contributed by atoms with Gasteiger partial charge in [0.05, 0.1) is 24.5 Å². The lowest BCUT2D eigenvalue weighted by Crippen LogP contribution is -2.23. The fraction of sp³-hybridized carbons (Fsp3) is 0.158. The highest BCUT2D eigenvalue weighted by Crippen LogP contribution is 2.30. The lowest BCUT2D eigenvalue weighted by Gasteiger charge is -2.14. The maximum Gasteiger partial charge on any atom is 0.416 e. The number of benzene rings is 2. The van der Waals surface area contributed by atoms with Crippen molar-refractivity contribution in [3.63, 3.8) is 0 Å². The van der Waals surface area contributed by atoms with Crippen LogP contribution in [-0.2, 0) is 12.7 Å². The predicted molar refractivity (Wildman–Crippen MR) is 92.2 cm³/mol. The Labute approximate surface area is 150 Å². The van der Waals surface area contributed by atoms with Crippen LogP contribution in [0.3, 0.4) is 0 Å².